The first-order chi connectivity index (χ1) is 13.9. The number of benzene rings is 1. The molecule has 0 aliphatic carbocycles. The highest BCUT2D eigenvalue weighted by Crippen LogP contribution is 2.26. The molecule has 0 unspecified atom stereocenters. The summed E-state index contributed by atoms with van der Waals surface area (Å²) in [6, 6.07) is 9.38. The average molecular weight is 458 g/mol. The Balaban J connectivity index is 1.42. The molecule has 1 aromatic heterocycles. The lowest BCUT2D eigenvalue weighted by atomic mass is 9.98. The fourth-order valence-corrected chi connectivity index (χ4v) is 6.22. The van der Waals surface area contributed by atoms with Gasteiger partial charge in [0.05, 0.1) is 5.75 Å². The Morgan fingerprint density at radius 1 is 1.14 bits per heavy atom. The van der Waals surface area contributed by atoms with E-state index in [0.29, 0.717) is 21.9 Å². The van der Waals surface area contributed by atoms with Gasteiger partial charge in [-0.1, -0.05) is 18.2 Å². The van der Waals surface area contributed by atoms with E-state index in [-0.39, 0.29) is 30.7 Å². The molecule has 29 heavy (non-hydrogen) atoms. The summed E-state index contributed by atoms with van der Waals surface area (Å²) >= 11 is 2.20. The first kappa shape index (κ1) is 21.8. The van der Waals surface area contributed by atoms with Crippen LogP contribution in [0.3, 0.4) is 0 Å². The number of nitrogens with one attached hydrogen (secondary N) is 2. The van der Waals surface area contributed by atoms with Gasteiger partial charge >= 0.3 is 0 Å². The van der Waals surface area contributed by atoms with Crippen molar-refractivity contribution in [2.75, 3.05) is 18.8 Å². The summed E-state index contributed by atoms with van der Waals surface area (Å²) in [4.78, 5) is 24.5. The van der Waals surface area contributed by atoms with E-state index in [1.54, 1.807) is 35.7 Å². The lowest BCUT2D eigenvalue weighted by Crippen LogP contribution is -2.48. The Hall–Kier alpha value is -1.95. The van der Waals surface area contributed by atoms with E-state index >= 15 is 0 Å². The Kier molecular flexibility index (Phi) is 7.28. The molecule has 1 aliphatic rings. The number of carbonyl (C=O) groups excluding carboxylic acids is 2. The van der Waals surface area contributed by atoms with Gasteiger partial charge in [0.25, 0.3) is 10.0 Å². The predicted molar refractivity (Wildman–Crippen MR) is 109 cm³/mol. The summed E-state index contributed by atoms with van der Waals surface area (Å²) in [6.45, 7) is 0.491. The monoisotopic (exact) mass is 457 g/mol. The molecule has 3 rings (SSSR count). The summed E-state index contributed by atoms with van der Waals surface area (Å²) < 4.78 is 40.2. The molecule has 0 bridgehead atoms. The number of carbonyl (C=O) groups is 2. The van der Waals surface area contributed by atoms with Gasteiger partial charge in [0, 0.05) is 23.9 Å². The number of hydrogen-bond donors (Lipinski definition) is 2. The Bertz CT molecular complexity index is 958. The zero-order chi connectivity index (χ0) is 20.9. The molecule has 2 aromatic rings. The third-order valence-electron chi connectivity index (χ3n) is 4.43. The van der Waals surface area contributed by atoms with Crippen LogP contribution in [0.25, 0.3) is 0 Å². The zero-order valence-electron chi connectivity index (χ0n) is 15.3. The van der Waals surface area contributed by atoms with Gasteiger partial charge in [-0.3, -0.25) is 20.4 Å². The second-order valence-electron chi connectivity index (χ2n) is 6.37. The van der Waals surface area contributed by atoms with E-state index < -0.39 is 21.7 Å². The number of thiophene rings is 1. The minimum atomic E-state index is -3.51. The van der Waals surface area contributed by atoms with Gasteiger partial charge in [-0.15, -0.1) is 23.1 Å². The fourth-order valence-electron chi connectivity index (χ4n) is 2.87. The van der Waals surface area contributed by atoms with Crippen LogP contribution in [-0.4, -0.2) is 43.4 Å². The number of rotatable bonds is 6. The minimum Gasteiger partial charge on any atom is -0.273 e. The molecule has 7 nitrogen and oxygen atoms in total. The second kappa shape index (κ2) is 9.70. The van der Waals surface area contributed by atoms with Crippen LogP contribution in [-0.2, 0) is 19.6 Å². The molecule has 1 saturated heterocycles. The number of amides is 2. The smallest absolute Gasteiger partial charge is 0.252 e. The molecule has 2 heterocycles. The van der Waals surface area contributed by atoms with E-state index in [0.717, 1.165) is 23.1 Å². The van der Waals surface area contributed by atoms with Crippen LogP contribution in [0.1, 0.15) is 12.8 Å². The molecule has 0 saturated carbocycles. The summed E-state index contributed by atoms with van der Waals surface area (Å²) in [7, 11) is -3.51. The van der Waals surface area contributed by atoms with Crippen molar-refractivity contribution in [2.24, 2.45) is 5.92 Å². The van der Waals surface area contributed by atoms with Crippen LogP contribution in [0.15, 0.2) is 50.9 Å². The summed E-state index contributed by atoms with van der Waals surface area (Å²) in [5.74, 6) is -1.65. The number of piperidine rings is 1. The third-order valence-corrected chi connectivity index (χ3v) is 8.75. The molecule has 1 fully saturated rings. The number of thioether (sulfide) groups is 1. The average Bonchev–Trinajstić information content (AvgIpc) is 3.27. The summed E-state index contributed by atoms with van der Waals surface area (Å²) in [6.07, 6.45) is 0.743. The van der Waals surface area contributed by atoms with Crippen molar-refractivity contribution in [3.05, 3.63) is 47.6 Å². The van der Waals surface area contributed by atoms with Gasteiger partial charge in [0.15, 0.2) is 0 Å². The van der Waals surface area contributed by atoms with E-state index in [1.807, 2.05) is 0 Å². The van der Waals surface area contributed by atoms with Gasteiger partial charge in [-0.25, -0.2) is 12.8 Å². The zero-order valence-corrected chi connectivity index (χ0v) is 17.8. The fraction of sp³-hybridized carbons (Fsp3) is 0.333. The number of hydrogen-bond acceptors (Lipinski definition) is 6. The molecule has 2 N–H and O–H groups in total. The van der Waals surface area contributed by atoms with Gasteiger partial charge in [0.1, 0.15) is 10.0 Å². The molecule has 0 atom stereocenters. The standard InChI is InChI=1S/C18H20FN3O4S3/c19-14-4-1-2-5-15(14)28-12-16(23)20-21-18(24)13-7-9-22(10-8-13)29(25,26)17-6-3-11-27-17/h1-6,11,13H,7-10,12H2,(H,20,23)(H,21,24). The van der Waals surface area contributed by atoms with Crippen molar-refractivity contribution < 1.29 is 22.4 Å². The Morgan fingerprint density at radius 2 is 1.86 bits per heavy atom. The maximum atomic E-state index is 13.5. The summed E-state index contributed by atoms with van der Waals surface area (Å²) in [5.41, 5.74) is 4.69. The normalized spacial score (nSPS) is 15.8. The van der Waals surface area contributed by atoms with Crippen molar-refractivity contribution in [3.63, 3.8) is 0 Å². The maximum Gasteiger partial charge on any atom is 0.252 e. The van der Waals surface area contributed by atoms with Crippen LogP contribution >= 0.6 is 23.1 Å². The molecule has 0 spiro atoms. The van der Waals surface area contributed by atoms with Crippen molar-refractivity contribution in [3.8, 4) is 0 Å². The van der Waals surface area contributed by atoms with Crippen LogP contribution < -0.4 is 10.9 Å². The molecule has 11 heteroatoms. The van der Waals surface area contributed by atoms with Crippen LogP contribution in [0.4, 0.5) is 4.39 Å². The van der Waals surface area contributed by atoms with Crippen molar-refractivity contribution in [2.45, 2.75) is 21.9 Å². The Morgan fingerprint density at radius 3 is 2.52 bits per heavy atom. The topological polar surface area (TPSA) is 95.6 Å². The molecule has 1 aromatic carbocycles. The van der Waals surface area contributed by atoms with E-state index in [4.69, 9.17) is 0 Å². The lowest BCUT2D eigenvalue weighted by Gasteiger charge is -2.30. The van der Waals surface area contributed by atoms with Gasteiger partial charge in [-0.2, -0.15) is 4.31 Å². The summed E-state index contributed by atoms with van der Waals surface area (Å²) in [5, 5.41) is 1.71. The quantitative estimate of drug-likeness (QED) is 0.512. The van der Waals surface area contributed by atoms with Gasteiger partial charge in [0.2, 0.25) is 11.8 Å². The van der Waals surface area contributed by atoms with Gasteiger partial charge in [-0.05, 0) is 36.4 Å². The molecular weight excluding hydrogens is 437 g/mol. The van der Waals surface area contributed by atoms with E-state index in [2.05, 4.69) is 10.9 Å². The maximum absolute atomic E-state index is 13.5. The highest BCUT2D eigenvalue weighted by atomic mass is 32.2. The van der Waals surface area contributed by atoms with E-state index in [9.17, 15) is 22.4 Å². The Labute approximate surface area is 176 Å². The minimum absolute atomic E-state index is 0.0429. The SMILES string of the molecule is O=C(CSc1ccccc1F)NNC(=O)C1CCN(S(=O)(=O)c2cccs2)CC1. The first-order valence-electron chi connectivity index (χ1n) is 8.87. The number of halogens is 1. The molecule has 1 aliphatic heterocycles. The molecular formula is C18H20FN3O4S3. The molecule has 0 radical (unpaired) electrons. The van der Waals surface area contributed by atoms with Gasteiger partial charge < -0.3 is 0 Å². The van der Waals surface area contributed by atoms with Crippen LogP contribution in [0.2, 0.25) is 0 Å². The third kappa shape index (κ3) is 5.56. The highest BCUT2D eigenvalue weighted by molar-refractivity contribution is 8.00. The van der Waals surface area contributed by atoms with E-state index in [1.165, 1.54) is 10.4 Å². The predicted octanol–water partition coefficient (Wildman–Crippen LogP) is 2.23. The molecule has 2 amide bonds. The van der Waals surface area contributed by atoms with Crippen molar-refractivity contribution in [1.29, 1.82) is 0 Å². The second-order valence-corrected chi connectivity index (χ2v) is 10.5. The number of hydrazine groups is 1. The molecule has 156 valence electrons. The number of sulfonamides is 1. The largest absolute Gasteiger partial charge is 0.273 e. The highest BCUT2D eigenvalue weighted by Gasteiger charge is 2.32. The lowest BCUT2D eigenvalue weighted by molar-refractivity contribution is -0.131. The first-order valence-corrected chi connectivity index (χ1v) is 12.2. The van der Waals surface area contributed by atoms with Crippen LogP contribution in [0, 0.1) is 11.7 Å². The van der Waals surface area contributed by atoms with Crippen LogP contribution in [0.5, 0.6) is 0 Å². The van der Waals surface area contributed by atoms with Crippen molar-refractivity contribution >= 4 is 44.9 Å². The van der Waals surface area contributed by atoms with Crippen molar-refractivity contribution in [1.82, 2.24) is 15.2 Å². The number of nitrogens with zero attached hydrogens (tertiary/aromatic N) is 1.